The Kier molecular flexibility index (Phi) is 10.8. The third kappa shape index (κ3) is 8.17. The van der Waals surface area contributed by atoms with Crippen LogP contribution in [0.2, 0.25) is 5.02 Å². The highest BCUT2D eigenvalue weighted by Gasteiger charge is 2.35. The molecule has 2 N–H and O–H groups in total. The molecule has 6 aromatic rings. The van der Waals surface area contributed by atoms with E-state index in [1.807, 2.05) is 72.8 Å². The van der Waals surface area contributed by atoms with E-state index in [1.54, 1.807) is 37.3 Å². The van der Waals surface area contributed by atoms with E-state index >= 15 is 0 Å². The predicted molar refractivity (Wildman–Crippen MR) is 194 cm³/mol. The Morgan fingerprint density at radius 3 is 2.04 bits per heavy atom. The van der Waals surface area contributed by atoms with Crippen molar-refractivity contribution in [2.45, 2.75) is 49.5 Å². The molecule has 0 fully saturated rings. The van der Waals surface area contributed by atoms with Crippen molar-refractivity contribution >= 4 is 38.5 Å². The van der Waals surface area contributed by atoms with Gasteiger partial charge in [0, 0.05) is 21.6 Å². The lowest BCUT2D eigenvalue weighted by molar-refractivity contribution is -0.275. The first-order valence-electron chi connectivity index (χ1n) is 16.4. The van der Waals surface area contributed by atoms with Crippen LogP contribution < -0.4 is 9.46 Å². The van der Waals surface area contributed by atoms with Crippen LogP contribution in [0.4, 0.5) is 13.2 Å². The zero-order valence-electron chi connectivity index (χ0n) is 27.8. The minimum Gasteiger partial charge on any atom is -0.478 e. The molecule has 0 saturated carbocycles. The van der Waals surface area contributed by atoms with Gasteiger partial charge in [0.05, 0.1) is 17.6 Å². The third-order valence-corrected chi connectivity index (χ3v) is 10.6. The number of benzene rings is 5. The Balaban J connectivity index is 1.51. The molecular formula is C40H34ClF3N2O5S. The second-order valence-electron chi connectivity index (χ2n) is 12.3. The predicted octanol–water partition coefficient (Wildman–Crippen LogP) is 9.74. The van der Waals surface area contributed by atoms with Gasteiger partial charge >= 0.3 is 12.3 Å². The molecule has 0 aliphatic heterocycles. The highest BCUT2D eigenvalue weighted by atomic mass is 35.5. The van der Waals surface area contributed by atoms with E-state index in [1.165, 1.54) is 12.1 Å². The number of aryl methyl sites for hydroxylation is 2. The number of nitrogens with zero attached hydrogens (tertiary/aromatic N) is 1. The Hall–Kier alpha value is -5.10. The fraction of sp³-hybridized carbons (Fsp3) is 0.175. The maximum atomic E-state index is 14.0. The number of carboxylic acids is 1. The first-order chi connectivity index (χ1) is 24.8. The van der Waals surface area contributed by atoms with Crippen molar-refractivity contribution in [2.24, 2.45) is 0 Å². The molecule has 0 aliphatic carbocycles. The summed E-state index contributed by atoms with van der Waals surface area (Å²) in [4.78, 5) is 10.7. The molecule has 1 unspecified atom stereocenters. The molecule has 0 radical (unpaired) electrons. The number of hydrogen-bond acceptors (Lipinski definition) is 4. The Bertz CT molecular complexity index is 2260. The van der Waals surface area contributed by atoms with Crippen LogP contribution in [0.25, 0.3) is 10.9 Å². The average molecular weight is 747 g/mol. The number of carboxylic acid groups (broad SMARTS) is 1. The maximum Gasteiger partial charge on any atom is 0.573 e. The van der Waals surface area contributed by atoms with Crippen LogP contribution in [0, 0.1) is 0 Å². The number of ether oxygens (including phenoxy) is 1. The van der Waals surface area contributed by atoms with Gasteiger partial charge in [0.2, 0.25) is 10.0 Å². The van der Waals surface area contributed by atoms with E-state index < -0.39 is 45.1 Å². The number of carbonyl (C=O) groups is 1. The molecule has 1 aromatic heterocycles. The number of aromatic carboxylic acids is 1. The van der Waals surface area contributed by atoms with Gasteiger partial charge in [-0.15, -0.1) is 13.2 Å². The second-order valence-corrected chi connectivity index (χ2v) is 14.4. The van der Waals surface area contributed by atoms with E-state index in [0.717, 1.165) is 45.3 Å². The monoisotopic (exact) mass is 746 g/mol. The lowest BCUT2D eigenvalue weighted by atomic mass is 9.96. The van der Waals surface area contributed by atoms with E-state index in [9.17, 15) is 31.5 Å². The van der Waals surface area contributed by atoms with E-state index in [0.29, 0.717) is 30.0 Å². The van der Waals surface area contributed by atoms with Crippen LogP contribution in [0.15, 0.2) is 132 Å². The third-order valence-electron chi connectivity index (χ3n) is 8.80. The smallest absolute Gasteiger partial charge is 0.478 e. The quantitative estimate of drug-likeness (QED) is 0.123. The molecule has 268 valence electrons. The zero-order valence-corrected chi connectivity index (χ0v) is 29.4. The van der Waals surface area contributed by atoms with Gasteiger partial charge in [0.25, 0.3) is 0 Å². The number of alkyl halides is 3. The summed E-state index contributed by atoms with van der Waals surface area (Å²) in [5.41, 5.74) is 5.15. The summed E-state index contributed by atoms with van der Waals surface area (Å²) in [5.74, 6) is -1.86. The molecule has 0 saturated heterocycles. The van der Waals surface area contributed by atoms with Crippen molar-refractivity contribution in [2.75, 3.05) is 0 Å². The summed E-state index contributed by atoms with van der Waals surface area (Å²) in [5, 5.41) is 10.6. The van der Waals surface area contributed by atoms with Crippen LogP contribution in [0.1, 0.15) is 63.7 Å². The number of nitrogens with one attached hydrogen (secondary N) is 1. The number of aromatic nitrogens is 1. The first kappa shape index (κ1) is 36.7. The van der Waals surface area contributed by atoms with Gasteiger partial charge < -0.3 is 14.4 Å². The molecule has 1 atom stereocenters. The molecule has 7 nitrogen and oxygen atoms in total. The van der Waals surface area contributed by atoms with Gasteiger partial charge in [-0.05, 0) is 90.9 Å². The second kappa shape index (κ2) is 15.2. The zero-order chi connectivity index (χ0) is 37.0. The van der Waals surface area contributed by atoms with Crippen molar-refractivity contribution in [3.63, 3.8) is 0 Å². The van der Waals surface area contributed by atoms with Crippen molar-refractivity contribution in [1.29, 1.82) is 0 Å². The lowest BCUT2D eigenvalue weighted by Gasteiger charge is -2.27. The van der Waals surface area contributed by atoms with Crippen molar-refractivity contribution in [3.05, 3.63) is 166 Å². The number of sulfonamides is 1. The van der Waals surface area contributed by atoms with Crippen molar-refractivity contribution in [1.82, 2.24) is 9.29 Å². The number of fused-ring (bicyclic) bond motifs is 1. The molecule has 0 spiro atoms. The summed E-state index contributed by atoms with van der Waals surface area (Å²) < 4.78 is 76.8. The Morgan fingerprint density at radius 1 is 0.846 bits per heavy atom. The highest BCUT2D eigenvalue weighted by molar-refractivity contribution is 7.89. The Morgan fingerprint density at radius 2 is 1.44 bits per heavy atom. The average Bonchev–Trinajstić information content (AvgIpc) is 3.41. The molecule has 5 aromatic carbocycles. The van der Waals surface area contributed by atoms with Crippen molar-refractivity contribution in [3.8, 4) is 5.75 Å². The summed E-state index contributed by atoms with van der Waals surface area (Å²) >= 11 is 6.60. The van der Waals surface area contributed by atoms with Gasteiger partial charge in [-0.25, -0.2) is 17.9 Å². The van der Waals surface area contributed by atoms with E-state index in [2.05, 4.69) is 14.0 Å². The van der Waals surface area contributed by atoms with E-state index in [-0.39, 0.29) is 5.56 Å². The topological polar surface area (TPSA) is 97.6 Å². The van der Waals surface area contributed by atoms with Gasteiger partial charge in [-0.2, -0.15) is 0 Å². The molecule has 6 rings (SSSR count). The Labute approximate surface area is 304 Å². The summed E-state index contributed by atoms with van der Waals surface area (Å²) in [6.07, 6.45) is -3.44. The summed E-state index contributed by atoms with van der Waals surface area (Å²) in [6, 6.07) is 34.8. The SMILES string of the molecule is CC(NS(=O)(=O)c1ccccc1OC(F)(F)F)c1c(CCCc2ccc(C(=O)O)cc2)c2cc(Cl)ccc2n1C(c1ccccc1)c1ccccc1. The number of rotatable bonds is 13. The minimum absolute atomic E-state index is 0.180. The van der Waals surface area contributed by atoms with Gasteiger partial charge in [0.1, 0.15) is 10.6 Å². The molecule has 0 bridgehead atoms. The van der Waals surface area contributed by atoms with Crippen LogP contribution >= 0.6 is 11.6 Å². The standard InChI is InChI=1S/C40H34ClF3N2O5S/c1-26(45-52(49,50)36-18-9-8-17-35(36)51-40(42,43)44)37-32(16-10-11-27-19-21-30(22-20-27)39(47)48)33-25-31(41)23-24-34(33)46(37)38(28-12-4-2-5-13-28)29-14-6-3-7-15-29/h2-9,12-15,17-26,38,45H,10-11,16H2,1H3,(H,47,48). The largest absolute Gasteiger partial charge is 0.573 e. The molecule has 52 heavy (non-hydrogen) atoms. The fourth-order valence-electron chi connectivity index (χ4n) is 6.66. The number of hydrogen-bond donors (Lipinski definition) is 2. The highest BCUT2D eigenvalue weighted by Crippen LogP contribution is 2.41. The van der Waals surface area contributed by atoms with Gasteiger partial charge in [-0.1, -0.05) is 96.5 Å². The van der Waals surface area contributed by atoms with Crippen LogP contribution in [-0.2, 0) is 22.9 Å². The van der Waals surface area contributed by atoms with Crippen LogP contribution in [0.3, 0.4) is 0 Å². The van der Waals surface area contributed by atoms with E-state index in [4.69, 9.17) is 11.6 Å². The number of para-hydroxylation sites is 1. The van der Waals surface area contributed by atoms with Gasteiger partial charge in [0.15, 0.2) is 0 Å². The van der Waals surface area contributed by atoms with Gasteiger partial charge in [-0.3, -0.25) is 0 Å². The molecule has 12 heteroatoms. The fourth-order valence-corrected chi connectivity index (χ4v) is 8.17. The molecular weight excluding hydrogens is 713 g/mol. The molecule has 0 amide bonds. The number of halogens is 4. The lowest BCUT2D eigenvalue weighted by Crippen LogP contribution is -2.31. The molecule has 0 aliphatic rings. The van der Waals surface area contributed by atoms with Crippen molar-refractivity contribution < 1.29 is 36.2 Å². The summed E-state index contributed by atoms with van der Waals surface area (Å²) in [7, 11) is -4.58. The van der Waals surface area contributed by atoms with Crippen LogP contribution in [-0.4, -0.2) is 30.4 Å². The van der Waals surface area contributed by atoms with Crippen LogP contribution in [0.5, 0.6) is 5.75 Å². The normalized spacial score (nSPS) is 12.7. The maximum absolute atomic E-state index is 14.0. The minimum atomic E-state index is -5.11. The summed E-state index contributed by atoms with van der Waals surface area (Å²) in [6.45, 7) is 1.66. The molecule has 1 heterocycles. The first-order valence-corrected chi connectivity index (χ1v) is 18.3.